The number of hydrogen-bond donors (Lipinski definition) is 2. The number of carbonyl (C=O) groups excluding carboxylic acids is 1. The number of ether oxygens (including phenoxy) is 1. The quantitative estimate of drug-likeness (QED) is 0.606. The van der Waals surface area contributed by atoms with E-state index in [-0.39, 0.29) is 12.1 Å². The highest BCUT2D eigenvalue weighted by atomic mass is 32.1. The summed E-state index contributed by atoms with van der Waals surface area (Å²) in [4.78, 5) is 22.9. The van der Waals surface area contributed by atoms with Gasteiger partial charge in [-0.15, -0.1) is 11.3 Å². The molecule has 8 heteroatoms. The van der Waals surface area contributed by atoms with E-state index in [2.05, 4.69) is 39.8 Å². The largest absolute Gasteiger partial charge is 0.444 e. The standard InChI is InChI=1S/C18H31N5O2S/c1-7-19-16(20-8-13-11-26-15(21-13)12(2)3)22-14-9-23(10-14)17(24)25-18(4,5)6/h11-12,14H,7-10H2,1-6H3,(H2,19,20,22). The van der Waals surface area contributed by atoms with Gasteiger partial charge in [0.1, 0.15) is 5.60 Å². The van der Waals surface area contributed by atoms with Gasteiger partial charge < -0.3 is 20.3 Å². The fraction of sp³-hybridized carbons (Fsp3) is 0.722. The smallest absolute Gasteiger partial charge is 0.410 e. The van der Waals surface area contributed by atoms with E-state index < -0.39 is 5.60 Å². The van der Waals surface area contributed by atoms with Gasteiger partial charge in [-0.2, -0.15) is 0 Å². The molecule has 1 amide bonds. The molecule has 0 radical (unpaired) electrons. The molecule has 2 N–H and O–H groups in total. The van der Waals surface area contributed by atoms with Gasteiger partial charge in [0, 0.05) is 30.9 Å². The SMILES string of the molecule is CCNC(=NCc1csc(C(C)C)n1)NC1CN(C(=O)OC(C)(C)C)C1. The zero-order valence-electron chi connectivity index (χ0n) is 16.6. The second kappa shape index (κ2) is 8.70. The molecule has 0 aromatic carbocycles. The highest BCUT2D eigenvalue weighted by Gasteiger charge is 2.34. The Morgan fingerprint density at radius 3 is 2.69 bits per heavy atom. The van der Waals surface area contributed by atoms with Gasteiger partial charge in [-0.3, -0.25) is 0 Å². The lowest BCUT2D eigenvalue weighted by molar-refractivity contribution is 0.00701. The summed E-state index contributed by atoms with van der Waals surface area (Å²) < 4.78 is 5.38. The fourth-order valence-electron chi connectivity index (χ4n) is 2.38. The minimum Gasteiger partial charge on any atom is -0.444 e. The Labute approximate surface area is 160 Å². The lowest BCUT2D eigenvalue weighted by Gasteiger charge is -2.40. The van der Waals surface area contributed by atoms with Crippen molar-refractivity contribution in [3.8, 4) is 0 Å². The number of likely N-dealkylation sites (tertiary alicyclic amines) is 1. The van der Waals surface area contributed by atoms with Gasteiger partial charge in [-0.05, 0) is 27.7 Å². The Balaban J connectivity index is 1.84. The summed E-state index contributed by atoms with van der Waals surface area (Å²) in [5, 5.41) is 9.82. The minimum absolute atomic E-state index is 0.182. The topological polar surface area (TPSA) is 78.9 Å². The maximum atomic E-state index is 12.0. The van der Waals surface area contributed by atoms with Crippen LogP contribution >= 0.6 is 11.3 Å². The zero-order valence-corrected chi connectivity index (χ0v) is 17.4. The first kappa shape index (κ1) is 20.5. The number of amides is 1. The number of guanidine groups is 1. The molecule has 1 aromatic heterocycles. The van der Waals surface area contributed by atoms with Crippen molar-refractivity contribution in [2.45, 2.75) is 65.6 Å². The van der Waals surface area contributed by atoms with Gasteiger partial charge in [0.15, 0.2) is 5.96 Å². The first-order chi connectivity index (χ1) is 12.2. The van der Waals surface area contributed by atoms with Crippen molar-refractivity contribution in [2.75, 3.05) is 19.6 Å². The van der Waals surface area contributed by atoms with E-state index in [4.69, 9.17) is 4.74 Å². The fourth-order valence-corrected chi connectivity index (χ4v) is 3.21. The number of aromatic nitrogens is 1. The third-order valence-electron chi connectivity index (χ3n) is 3.68. The minimum atomic E-state index is -0.464. The summed E-state index contributed by atoms with van der Waals surface area (Å²) >= 11 is 1.68. The van der Waals surface area contributed by atoms with Crippen LogP contribution in [0.15, 0.2) is 10.4 Å². The molecule has 0 atom stereocenters. The summed E-state index contributed by atoms with van der Waals surface area (Å²) in [5.74, 6) is 1.19. The normalized spacial score (nSPS) is 15.8. The molecule has 1 aromatic rings. The molecule has 0 saturated carbocycles. The third-order valence-corrected chi connectivity index (χ3v) is 4.87. The zero-order chi connectivity index (χ0) is 19.3. The number of carbonyl (C=O) groups is 1. The Bertz CT molecular complexity index is 630. The highest BCUT2D eigenvalue weighted by Crippen LogP contribution is 2.19. The molecular weight excluding hydrogens is 350 g/mol. The van der Waals surface area contributed by atoms with Crippen LogP contribution in [0.5, 0.6) is 0 Å². The molecule has 1 fully saturated rings. The molecule has 0 spiro atoms. The van der Waals surface area contributed by atoms with Crippen LogP contribution in [0, 0.1) is 0 Å². The van der Waals surface area contributed by atoms with Crippen LogP contribution in [0.2, 0.25) is 0 Å². The first-order valence-electron chi connectivity index (χ1n) is 9.15. The molecule has 26 heavy (non-hydrogen) atoms. The molecule has 0 bridgehead atoms. The number of thiazole rings is 1. The van der Waals surface area contributed by atoms with Crippen LogP contribution in [0.25, 0.3) is 0 Å². The van der Waals surface area contributed by atoms with Gasteiger partial charge in [-0.1, -0.05) is 13.8 Å². The van der Waals surface area contributed by atoms with E-state index in [1.165, 1.54) is 0 Å². The van der Waals surface area contributed by atoms with E-state index >= 15 is 0 Å². The highest BCUT2D eigenvalue weighted by molar-refractivity contribution is 7.09. The van der Waals surface area contributed by atoms with Gasteiger partial charge in [-0.25, -0.2) is 14.8 Å². The number of nitrogens with zero attached hydrogens (tertiary/aromatic N) is 3. The molecular formula is C18H31N5O2S. The summed E-state index contributed by atoms with van der Waals surface area (Å²) in [5.41, 5.74) is 0.522. The molecule has 146 valence electrons. The number of aliphatic imine (C=N–C) groups is 1. The van der Waals surface area contributed by atoms with Crippen LogP contribution in [0.3, 0.4) is 0 Å². The second-order valence-corrected chi connectivity index (χ2v) is 8.64. The Kier molecular flexibility index (Phi) is 6.86. The molecule has 2 heterocycles. The van der Waals surface area contributed by atoms with E-state index in [9.17, 15) is 4.79 Å². The van der Waals surface area contributed by atoms with Crippen molar-refractivity contribution in [3.05, 3.63) is 16.1 Å². The number of hydrogen-bond acceptors (Lipinski definition) is 5. The first-order valence-corrected chi connectivity index (χ1v) is 10.0. The molecule has 2 rings (SSSR count). The number of rotatable bonds is 5. The molecule has 7 nitrogen and oxygen atoms in total. The van der Waals surface area contributed by atoms with Crippen molar-refractivity contribution in [2.24, 2.45) is 4.99 Å². The van der Waals surface area contributed by atoms with Crippen LogP contribution in [0.4, 0.5) is 4.79 Å². The van der Waals surface area contributed by atoms with Crippen LogP contribution in [0.1, 0.15) is 58.2 Å². The van der Waals surface area contributed by atoms with E-state index in [0.717, 1.165) is 23.2 Å². The van der Waals surface area contributed by atoms with E-state index in [0.29, 0.717) is 25.6 Å². The molecule has 0 aliphatic carbocycles. The van der Waals surface area contributed by atoms with Crippen LogP contribution in [-0.2, 0) is 11.3 Å². The lowest BCUT2D eigenvalue weighted by Crippen LogP contribution is -2.63. The van der Waals surface area contributed by atoms with Crippen molar-refractivity contribution in [3.63, 3.8) is 0 Å². The second-order valence-electron chi connectivity index (χ2n) is 7.75. The van der Waals surface area contributed by atoms with Crippen molar-refractivity contribution < 1.29 is 9.53 Å². The number of nitrogens with one attached hydrogen (secondary N) is 2. The lowest BCUT2D eigenvalue weighted by atomic mass is 10.1. The third kappa shape index (κ3) is 6.16. The Morgan fingerprint density at radius 1 is 1.46 bits per heavy atom. The van der Waals surface area contributed by atoms with Gasteiger partial charge in [0.2, 0.25) is 0 Å². The van der Waals surface area contributed by atoms with Gasteiger partial charge in [0.05, 0.1) is 23.3 Å². The Hall–Kier alpha value is -1.83. The van der Waals surface area contributed by atoms with Gasteiger partial charge >= 0.3 is 6.09 Å². The predicted molar refractivity (Wildman–Crippen MR) is 106 cm³/mol. The summed E-state index contributed by atoms with van der Waals surface area (Å²) in [6.07, 6.45) is -0.263. The predicted octanol–water partition coefficient (Wildman–Crippen LogP) is 2.94. The average molecular weight is 382 g/mol. The summed E-state index contributed by atoms with van der Waals surface area (Å²) in [6.45, 7) is 14.5. The maximum Gasteiger partial charge on any atom is 0.410 e. The van der Waals surface area contributed by atoms with E-state index in [1.54, 1.807) is 16.2 Å². The summed E-state index contributed by atoms with van der Waals surface area (Å²) in [7, 11) is 0. The van der Waals surface area contributed by atoms with Crippen LogP contribution in [-0.4, -0.2) is 53.2 Å². The van der Waals surface area contributed by atoms with Crippen molar-refractivity contribution in [1.29, 1.82) is 0 Å². The molecule has 1 aliphatic rings. The molecule has 1 saturated heterocycles. The van der Waals surface area contributed by atoms with Gasteiger partial charge in [0.25, 0.3) is 0 Å². The van der Waals surface area contributed by atoms with Crippen LogP contribution < -0.4 is 10.6 Å². The average Bonchev–Trinajstić information content (AvgIpc) is 2.95. The molecule has 0 unspecified atom stereocenters. The summed E-state index contributed by atoms with van der Waals surface area (Å²) in [6, 6.07) is 0.182. The van der Waals surface area contributed by atoms with E-state index in [1.807, 2.05) is 27.7 Å². The van der Waals surface area contributed by atoms with Crippen molar-refractivity contribution >= 4 is 23.4 Å². The van der Waals surface area contributed by atoms with Crippen molar-refractivity contribution in [1.82, 2.24) is 20.5 Å². The molecule has 1 aliphatic heterocycles. The Morgan fingerprint density at radius 2 is 2.15 bits per heavy atom. The maximum absolute atomic E-state index is 12.0. The monoisotopic (exact) mass is 381 g/mol.